The molecule has 0 saturated heterocycles. The van der Waals surface area contributed by atoms with Gasteiger partial charge in [0.1, 0.15) is 5.75 Å². The third kappa shape index (κ3) is 4.20. The lowest BCUT2D eigenvalue weighted by molar-refractivity contribution is 0.414. The second-order valence-corrected chi connectivity index (χ2v) is 9.17. The topological polar surface area (TPSA) is 55.7 Å². The number of hydrogen-bond acceptors (Lipinski definition) is 3. The van der Waals surface area contributed by atoms with Crippen LogP contribution in [0.5, 0.6) is 5.75 Å². The van der Waals surface area contributed by atoms with Gasteiger partial charge in [-0.05, 0) is 66.1 Å². The number of benzene rings is 3. The molecule has 0 aliphatic heterocycles. The molecule has 0 aromatic heterocycles. The summed E-state index contributed by atoms with van der Waals surface area (Å²) in [6, 6.07) is 23.5. The second-order valence-electron chi connectivity index (χ2n) is 5.64. The van der Waals surface area contributed by atoms with Gasteiger partial charge in [0.25, 0.3) is 10.0 Å². The minimum absolute atomic E-state index is 0.199. The largest absolute Gasteiger partial charge is 0.497 e. The van der Waals surface area contributed by atoms with Gasteiger partial charge in [0, 0.05) is 9.79 Å². The molecular weight excluding hydrogens is 366 g/mol. The van der Waals surface area contributed by atoms with Crippen LogP contribution in [0, 0.1) is 6.92 Å². The Morgan fingerprint density at radius 2 is 1.38 bits per heavy atom. The zero-order valence-corrected chi connectivity index (χ0v) is 16.1. The van der Waals surface area contributed by atoms with Crippen LogP contribution in [0.1, 0.15) is 5.56 Å². The molecule has 3 rings (SSSR count). The molecule has 0 saturated carbocycles. The van der Waals surface area contributed by atoms with Crippen LogP contribution in [0.3, 0.4) is 0 Å². The van der Waals surface area contributed by atoms with Crippen molar-refractivity contribution in [2.75, 3.05) is 7.11 Å². The van der Waals surface area contributed by atoms with Gasteiger partial charge >= 0.3 is 0 Å². The highest BCUT2D eigenvalue weighted by Gasteiger charge is 2.16. The molecule has 4 nitrogen and oxygen atoms in total. The van der Waals surface area contributed by atoms with Crippen molar-refractivity contribution < 1.29 is 13.2 Å². The van der Waals surface area contributed by atoms with Crippen molar-refractivity contribution in [1.82, 2.24) is 0 Å². The fourth-order valence-corrected chi connectivity index (χ4v) is 5.71. The van der Waals surface area contributed by atoms with E-state index in [0.717, 1.165) is 15.4 Å². The van der Waals surface area contributed by atoms with Crippen molar-refractivity contribution in [3.05, 3.63) is 84.4 Å². The number of sulfonamides is 1. The number of ether oxygens (including phenoxy) is 1. The monoisotopic (exact) mass is 385 g/mol. The Bertz CT molecular complexity index is 1010. The maximum Gasteiger partial charge on any atom is 0.288 e. The lowest BCUT2D eigenvalue weighted by Crippen LogP contribution is -2.02. The maximum absolute atomic E-state index is 12.8. The van der Waals surface area contributed by atoms with Gasteiger partial charge in [-0.15, -0.1) is 3.77 Å². The Kier molecular flexibility index (Phi) is 5.54. The van der Waals surface area contributed by atoms with E-state index in [2.05, 4.69) is 3.77 Å². The number of hydrogen-bond donors (Lipinski definition) is 0. The molecule has 0 aliphatic carbocycles. The van der Waals surface area contributed by atoms with Crippen molar-refractivity contribution >= 4 is 20.7 Å². The highest BCUT2D eigenvalue weighted by Crippen LogP contribution is 2.24. The third-order valence-corrected chi connectivity index (χ3v) is 7.43. The molecule has 26 heavy (non-hydrogen) atoms. The molecular formula is C20H19NO3S2. The molecule has 0 N–H and O–H groups in total. The molecule has 134 valence electrons. The van der Waals surface area contributed by atoms with Gasteiger partial charge in [-0.25, -0.2) is 0 Å². The Balaban J connectivity index is 2.13. The minimum Gasteiger partial charge on any atom is -0.497 e. The summed E-state index contributed by atoms with van der Waals surface area (Å²) in [5.41, 5.74) is 1.00. The quantitative estimate of drug-likeness (QED) is 0.644. The highest BCUT2D eigenvalue weighted by molar-refractivity contribution is 8.00. The molecule has 0 bridgehead atoms. The molecule has 1 unspecified atom stereocenters. The second kappa shape index (κ2) is 7.85. The Morgan fingerprint density at radius 3 is 1.96 bits per heavy atom. The van der Waals surface area contributed by atoms with E-state index in [1.54, 1.807) is 31.4 Å². The van der Waals surface area contributed by atoms with Gasteiger partial charge in [0.05, 0.1) is 12.0 Å². The molecule has 1 atom stereocenters. The Labute approximate surface area is 156 Å². The maximum atomic E-state index is 12.8. The van der Waals surface area contributed by atoms with E-state index in [9.17, 15) is 8.42 Å². The average molecular weight is 386 g/mol. The zero-order valence-electron chi connectivity index (χ0n) is 14.5. The van der Waals surface area contributed by atoms with Crippen molar-refractivity contribution in [3.63, 3.8) is 0 Å². The smallest absolute Gasteiger partial charge is 0.288 e. The summed E-state index contributed by atoms with van der Waals surface area (Å²) in [6.45, 7) is 1.92. The predicted molar refractivity (Wildman–Crippen MR) is 104 cm³/mol. The van der Waals surface area contributed by atoms with Gasteiger partial charge in [-0.1, -0.05) is 35.9 Å². The lowest BCUT2D eigenvalue weighted by Gasteiger charge is -2.10. The standard InChI is InChI=1S/C20H19NO3S2/c1-16-8-14-20(15-9-16)26(22,23)21-25(18-6-4-3-5-7-18)19-12-10-17(24-2)11-13-19/h3-15H,1-2H3. The summed E-state index contributed by atoms with van der Waals surface area (Å²) in [4.78, 5) is 1.85. The normalized spacial score (nSPS) is 12.7. The molecule has 0 heterocycles. The van der Waals surface area contributed by atoms with E-state index in [0.29, 0.717) is 5.75 Å². The lowest BCUT2D eigenvalue weighted by atomic mass is 10.2. The van der Waals surface area contributed by atoms with Gasteiger partial charge in [-0.2, -0.15) is 8.42 Å². The van der Waals surface area contributed by atoms with E-state index in [1.807, 2.05) is 61.5 Å². The summed E-state index contributed by atoms with van der Waals surface area (Å²) in [6.07, 6.45) is 0. The van der Waals surface area contributed by atoms with Crippen molar-refractivity contribution in [2.45, 2.75) is 21.6 Å². The molecule has 0 spiro atoms. The van der Waals surface area contributed by atoms with Gasteiger partial charge in [-0.3, -0.25) is 0 Å². The van der Waals surface area contributed by atoms with Crippen LogP contribution < -0.4 is 4.74 Å². The van der Waals surface area contributed by atoms with Crippen LogP contribution in [0.15, 0.2) is 97.3 Å². The molecule has 6 heteroatoms. The number of rotatable bonds is 5. The number of methoxy groups -OCH3 is 1. The van der Waals surface area contributed by atoms with Crippen LogP contribution in [-0.2, 0) is 20.7 Å². The van der Waals surface area contributed by atoms with E-state index in [4.69, 9.17) is 4.74 Å². The first-order chi connectivity index (χ1) is 12.5. The van der Waals surface area contributed by atoms with Gasteiger partial charge in [0.15, 0.2) is 0 Å². The Morgan fingerprint density at radius 1 is 0.808 bits per heavy atom. The first-order valence-electron chi connectivity index (χ1n) is 7.98. The van der Waals surface area contributed by atoms with Crippen LogP contribution >= 0.6 is 0 Å². The SMILES string of the molecule is COc1ccc(S(=NS(=O)(=O)c2ccc(C)cc2)c2ccccc2)cc1. The first-order valence-corrected chi connectivity index (χ1v) is 10.6. The molecule has 0 amide bonds. The van der Waals surface area contributed by atoms with Crippen molar-refractivity contribution in [2.24, 2.45) is 3.77 Å². The molecule has 0 aliphatic rings. The average Bonchev–Trinajstić information content (AvgIpc) is 2.67. The van der Waals surface area contributed by atoms with Crippen LogP contribution in [0.25, 0.3) is 0 Å². The van der Waals surface area contributed by atoms with E-state index < -0.39 is 20.7 Å². The highest BCUT2D eigenvalue weighted by atomic mass is 32.3. The van der Waals surface area contributed by atoms with Gasteiger partial charge in [0.2, 0.25) is 0 Å². The summed E-state index contributed by atoms with van der Waals surface area (Å²) in [5.74, 6) is 0.715. The van der Waals surface area contributed by atoms with E-state index in [-0.39, 0.29) is 4.90 Å². The molecule has 0 radical (unpaired) electrons. The predicted octanol–water partition coefficient (Wildman–Crippen LogP) is 4.61. The summed E-state index contributed by atoms with van der Waals surface area (Å²) >= 11 is 0. The summed E-state index contributed by atoms with van der Waals surface area (Å²) in [7, 11) is -3.14. The van der Waals surface area contributed by atoms with Gasteiger partial charge < -0.3 is 4.74 Å². The van der Waals surface area contributed by atoms with Crippen LogP contribution in [0.4, 0.5) is 0 Å². The number of aryl methyl sites for hydroxylation is 1. The van der Waals surface area contributed by atoms with Crippen LogP contribution in [0.2, 0.25) is 0 Å². The Hall–Kier alpha value is -2.44. The third-order valence-electron chi connectivity index (χ3n) is 3.74. The summed E-state index contributed by atoms with van der Waals surface area (Å²) < 4.78 is 35.1. The zero-order chi connectivity index (χ0) is 18.6. The number of nitrogens with zero attached hydrogens (tertiary/aromatic N) is 1. The summed E-state index contributed by atoms with van der Waals surface area (Å²) in [5, 5.41) is 0. The molecule has 0 fully saturated rings. The minimum atomic E-state index is -3.78. The fourth-order valence-electron chi connectivity index (χ4n) is 2.33. The molecule has 3 aromatic carbocycles. The van der Waals surface area contributed by atoms with Crippen LogP contribution in [-0.4, -0.2) is 15.5 Å². The van der Waals surface area contributed by atoms with Crippen molar-refractivity contribution in [1.29, 1.82) is 0 Å². The van der Waals surface area contributed by atoms with E-state index in [1.165, 1.54) is 0 Å². The molecule has 3 aromatic rings. The first kappa shape index (κ1) is 18.4. The van der Waals surface area contributed by atoms with Crippen molar-refractivity contribution in [3.8, 4) is 5.75 Å². The fraction of sp³-hybridized carbons (Fsp3) is 0.100. The van der Waals surface area contributed by atoms with E-state index >= 15 is 0 Å².